The van der Waals surface area contributed by atoms with Gasteiger partial charge in [-0.25, -0.2) is 9.59 Å². The summed E-state index contributed by atoms with van der Waals surface area (Å²) in [5, 5.41) is 5.43. The highest BCUT2D eigenvalue weighted by Gasteiger charge is 2.36. The number of allylic oxidation sites excluding steroid dienone is 1. The van der Waals surface area contributed by atoms with E-state index in [0.717, 1.165) is 24.3 Å². The van der Waals surface area contributed by atoms with Gasteiger partial charge < -0.3 is 15.4 Å². The molecular formula is C24H24F3N3O4. The summed E-state index contributed by atoms with van der Waals surface area (Å²) in [7, 11) is 1.26. The Hall–Kier alpha value is -3.82. The van der Waals surface area contributed by atoms with Gasteiger partial charge in [0.25, 0.3) is 5.91 Å². The van der Waals surface area contributed by atoms with Crippen molar-refractivity contribution in [3.8, 4) is 0 Å². The fourth-order valence-electron chi connectivity index (χ4n) is 3.67. The zero-order valence-corrected chi connectivity index (χ0v) is 18.8. The van der Waals surface area contributed by atoms with Crippen LogP contribution in [0, 0.1) is 0 Å². The molecule has 1 aliphatic rings. The fourth-order valence-corrected chi connectivity index (χ4v) is 3.67. The molecule has 0 saturated heterocycles. The van der Waals surface area contributed by atoms with E-state index in [4.69, 9.17) is 4.74 Å². The minimum Gasteiger partial charge on any atom is -0.466 e. The number of amides is 3. The summed E-state index contributed by atoms with van der Waals surface area (Å²) < 4.78 is 43.0. The molecule has 0 unspecified atom stereocenters. The summed E-state index contributed by atoms with van der Waals surface area (Å²) in [4.78, 5) is 39.0. The van der Waals surface area contributed by atoms with Crippen LogP contribution in [0.3, 0.4) is 0 Å². The minimum absolute atomic E-state index is 0.0687. The van der Waals surface area contributed by atoms with E-state index in [0.29, 0.717) is 35.5 Å². The Morgan fingerprint density at radius 2 is 1.71 bits per heavy atom. The van der Waals surface area contributed by atoms with Gasteiger partial charge in [0.05, 0.1) is 24.3 Å². The first kappa shape index (κ1) is 24.8. The molecule has 0 aromatic heterocycles. The fraction of sp³-hybridized carbons (Fsp3) is 0.292. The van der Waals surface area contributed by atoms with Gasteiger partial charge in [-0.3, -0.25) is 9.69 Å². The lowest BCUT2D eigenvalue weighted by Gasteiger charge is -2.35. The van der Waals surface area contributed by atoms with E-state index in [1.54, 1.807) is 31.2 Å². The monoisotopic (exact) mass is 475 g/mol. The van der Waals surface area contributed by atoms with Gasteiger partial charge in [0, 0.05) is 23.5 Å². The molecule has 1 heterocycles. The van der Waals surface area contributed by atoms with E-state index in [2.05, 4.69) is 10.6 Å². The lowest BCUT2D eigenvalue weighted by molar-refractivity contribution is -0.138. The Kier molecular flexibility index (Phi) is 7.29. The Morgan fingerprint density at radius 3 is 2.24 bits per heavy atom. The van der Waals surface area contributed by atoms with Crippen LogP contribution >= 0.6 is 0 Å². The number of methoxy groups -OCH3 is 1. The summed E-state index contributed by atoms with van der Waals surface area (Å²) in [6.45, 7) is 4.05. The molecule has 34 heavy (non-hydrogen) atoms. The van der Waals surface area contributed by atoms with Gasteiger partial charge in [0.1, 0.15) is 0 Å². The van der Waals surface area contributed by atoms with Crippen LogP contribution in [0.15, 0.2) is 59.8 Å². The average Bonchev–Trinajstić information content (AvgIpc) is 2.81. The number of urea groups is 1. The maximum Gasteiger partial charge on any atom is 0.416 e. The number of esters is 1. The summed E-state index contributed by atoms with van der Waals surface area (Å²) in [6.07, 6.45) is -3.78. The van der Waals surface area contributed by atoms with Gasteiger partial charge in [-0.05, 0) is 55.3 Å². The molecule has 0 saturated carbocycles. The molecule has 7 nitrogen and oxygen atoms in total. The molecule has 10 heteroatoms. The summed E-state index contributed by atoms with van der Waals surface area (Å²) >= 11 is 0. The second-order valence-corrected chi connectivity index (χ2v) is 7.68. The van der Waals surface area contributed by atoms with Gasteiger partial charge in [0.2, 0.25) is 0 Å². The van der Waals surface area contributed by atoms with Crippen molar-refractivity contribution in [2.24, 2.45) is 0 Å². The van der Waals surface area contributed by atoms with Crippen molar-refractivity contribution in [2.45, 2.75) is 32.5 Å². The van der Waals surface area contributed by atoms with Crippen molar-refractivity contribution in [3.05, 3.63) is 76.5 Å². The second kappa shape index (κ2) is 9.98. The SMILES string of the molecule is CCCN1C(=O)N[C@@H](c2ccc(NC(=O)c3ccc(C(F)(F)F)cc3)cc2)C(C(=O)OC)=C1C. The highest BCUT2D eigenvalue weighted by molar-refractivity contribution is 6.04. The van der Waals surface area contributed by atoms with E-state index in [9.17, 15) is 27.6 Å². The molecule has 0 radical (unpaired) electrons. The molecule has 3 rings (SSSR count). The number of carbonyl (C=O) groups is 3. The summed E-state index contributed by atoms with van der Waals surface area (Å²) in [5.41, 5.74) is 1.02. The molecule has 0 fully saturated rings. The van der Waals surface area contributed by atoms with Crippen LogP contribution in [0.2, 0.25) is 0 Å². The van der Waals surface area contributed by atoms with Crippen LogP contribution in [0.1, 0.15) is 47.8 Å². The Labute approximate surface area is 194 Å². The number of hydrogen-bond acceptors (Lipinski definition) is 4. The van der Waals surface area contributed by atoms with Crippen LogP contribution in [-0.2, 0) is 15.7 Å². The first-order valence-electron chi connectivity index (χ1n) is 10.5. The zero-order valence-electron chi connectivity index (χ0n) is 18.8. The number of benzene rings is 2. The third kappa shape index (κ3) is 5.22. The molecule has 180 valence electrons. The quantitative estimate of drug-likeness (QED) is 0.583. The van der Waals surface area contributed by atoms with Crippen molar-refractivity contribution >= 4 is 23.6 Å². The maximum absolute atomic E-state index is 12.7. The second-order valence-electron chi connectivity index (χ2n) is 7.68. The van der Waals surface area contributed by atoms with E-state index in [1.165, 1.54) is 12.0 Å². The Bertz CT molecular complexity index is 1110. The predicted molar refractivity (Wildman–Crippen MR) is 119 cm³/mol. The summed E-state index contributed by atoms with van der Waals surface area (Å²) in [5.74, 6) is -1.14. The maximum atomic E-state index is 12.7. The molecular weight excluding hydrogens is 451 g/mol. The van der Waals surface area contributed by atoms with Gasteiger partial charge in [-0.15, -0.1) is 0 Å². The van der Waals surface area contributed by atoms with Crippen LogP contribution in [0.4, 0.5) is 23.7 Å². The standard InChI is InChI=1S/C24H24F3N3O4/c1-4-13-30-14(2)19(22(32)34-3)20(29-23(30)33)15-7-11-18(12-8-15)28-21(31)16-5-9-17(10-6-16)24(25,26)27/h5-12,20H,4,13H2,1-3H3,(H,28,31)(H,29,33)/t20-/m0/s1. The molecule has 2 N–H and O–H groups in total. The third-order valence-electron chi connectivity index (χ3n) is 5.43. The molecule has 2 aromatic rings. The minimum atomic E-state index is -4.48. The van der Waals surface area contributed by atoms with E-state index >= 15 is 0 Å². The third-order valence-corrected chi connectivity index (χ3v) is 5.43. The smallest absolute Gasteiger partial charge is 0.416 e. The molecule has 0 aliphatic carbocycles. The van der Waals surface area contributed by atoms with Crippen molar-refractivity contribution in [1.82, 2.24) is 10.2 Å². The number of nitrogens with zero attached hydrogens (tertiary/aromatic N) is 1. The van der Waals surface area contributed by atoms with E-state index < -0.39 is 29.7 Å². The van der Waals surface area contributed by atoms with E-state index in [-0.39, 0.29) is 11.6 Å². The Morgan fingerprint density at radius 1 is 1.09 bits per heavy atom. The van der Waals surface area contributed by atoms with Crippen LogP contribution in [-0.4, -0.2) is 36.5 Å². The predicted octanol–water partition coefficient (Wildman–Crippen LogP) is 4.88. The van der Waals surface area contributed by atoms with Crippen LogP contribution in [0.5, 0.6) is 0 Å². The van der Waals surface area contributed by atoms with Crippen molar-refractivity contribution in [1.29, 1.82) is 0 Å². The van der Waals surface area contributed by atoms with Crippen LogP contribution in [0.25, 0.3) is 0 Å². The number of anilines is 1. The van der Waals surface area contributed by atoms with Gasteiger partial charge in [0.15, 0.2) is 0 Å². The molecule has 1 atom stereocenters. The number of halogens is 3. The Balaban J connectivity index is 1.81. The lowest BCUT2D eigenvalue weighted by atomic mass is 9.94. The van der Waals surface area contributed by atoms with Crippen molar-refractivity contribution in [3.63, 3.8) is 0 Å². The number of alkyl halides is 3. The normalized spacial score (nSPS) is 16.2. The van der Waals surface area contributed by atoms with Crippen LogP contribution < -0.4 is 10.6 Å². The highest BCUT2D eigenvalue weighted by atomic mass is 19.4. The van der Waals surface area contributed by atoms with Crippen molar-refractivity contribution in [2.75, 3.05) is 19.0 Å². The number of nitrogens with one attached hydrogen (secondary N) is 2. The topological polar surface area (TPSA) is 87.7 Å². The number of ether oxygens (including phenoxy) is 1. The van der Waals surface area contributed by atoms with Gasteiger partial charge in [-0.2, -0.15) is 13.2 Å². The number of carbonyl (C=O) groups excluding carboxylic acids is 3. The first-order valence-corrected chi connectivity index (χ1v) is 10.5. The lowest BCUT2D eigenvalue weighted by Crippen LogP contribution is -2.48. The van der Waals surface area contributed by atoms with Gasteiger partial charge in [-0.1, -0.05) is 19.1 Å². The first-order chi connectivity index (χ1) is 16.1. The highest BCUT2D eigenvalue weighted by Crippen LogP contribution is 2.32. The molecule has 3 amide bonds. The molecule has 1 aliphatic heterocycles. The molecule has 0 bridgehead atoms. The largest absolute Gasteiger partial charge is 0.466 e. The number of hydrogen-bond donors (Lipinski definition) is 2. The van der Waals surface area contributed by atoms with Crippen molar-refractivity contribution < 1.29 is 32.3 Å². The van der Waals surface area contributed by atoms with E-state index in [1.807, 2.05) is 6.92 Å². The average molecular weight is 475 g/mol. The zero-order chi connectivity index (χ0) is 25.0. The van der Waals surface area contributed by atoms with Gasteiger partial charge >= 0.3 is 18.2 Å². The summed E-state index contributed by atoms with van der Waals surface area (Å²) in [6, 6.07) is 9.23. The number of rotatable bonds is 6. The molecule has 2 aromatic carbocycles. The molecule has 0 spiro atoms.